The molecular weight excluding hydrogens is 571 g/mol. The van der Waals surface area contributed by atoms with Crippen LogP contribution in [-0.2, 0) is 4.74 Å². The Morgan fingerprint density at radius 2 is 1.95 bits per heavy atom. The van der Waals surface area contributed by atoms with Gasteiger partial charge in [0.2, 0.25) is 0 Å². The van der Waals surface area contributed by atoms with E-state index < -0.39 is 17.5 Å². The molecule has 222 valence electrons. The number of amidine groups is 1. The van der Waals surface area contributed by atoms with Crippen LogP contribution < -0.4 is 16.4 Å². The zero-order valence-electron chi connectivity index (χ0n) is 24.1. The fourth-order valence-electron chi connectivity index (χ4n) is 5.10. The Morgan fingerprint density at radius 1 is 1.21 bits per heavy atom. The summed E-state index contributed by atoms with van der Waals surface area (Å²) in [5, 5.41) is 21.0. The van der Waals surface area contributed by atoms with Crippen molar-refractivity contribution in [3.8, 4) is 17.2 Å². The molecule has 43 heavy (non-hydrogen) atoms. The average Bonchev–Trinajstić information content (AvgIpc) is 3.40. The van der Waals surface area contributed by atoms with Crippen molar-refractivity contribution in [1.82, 2.24) is 19.9 Å². The molecule has 4 aromatic rings. The first kappa shape index (κ1) is 29.8. The van der Waals surface area contributed by atoms with Gasteiger partial charge in [-0.25, -0.2) is 23.7 Å². The van der Waals surface area contributed by atoms with Crippen LogP contribution in [0, 0.1) is 17.1 Å². The van der Waals surface area contributed by atoms with Crippen LogP contribution >= 0.6 is 11.6 Å². The third-order valence-electron chi connectivity index (χ3n) is 7.08. The zero-order chi connectivity index (χ0) is 30.7. The van der Waals surface area contributed by atoms with E-state index in [1.807, 2.05) is 39.1 Å². The molecule has 1 saturated carbocycles. The molecule has 0 spiro atoms. The Balaban J connectivity index is 1.48. The molecule has 3 heterocycles. The lowest BCUT2D eigenvalue weighted by molar-refractivity contribution is 0.0492. The van der Waals surface area contributed by atoms with Crippen LogP contribution in [0.25, 0.3) is 16.6 Å². The van der Waals surface area contributed by atoms with Gasteiger partial charge in [-0.1, -0.05) is 11.6 Å². The SMILES string of the molecule is CC(C)(C)OC(=O)N[C@H]1CC[C@H](Nc2c(/C(N)=N/c3cc(F)ccc3Cl)cnn3cc(-c4cccnc4C#N)cc23)CC1. The standard InChI is InChI=1S/C31H32ClFN8O2/c1-31(2,3)43-30(42)39-21-9-7-20(8-10-21)38-28-23(29(35)40-25-14-19(33)6-11-24(25)32)16-37-41-17-18(13-27(28)41)22-5-4-12-36-26(22)15-34/h4-6,11-14,16-17,20-21,38H,7-10H2,1-3H3,(H2,35,40)(H,39,42)/t20-,21-. The molecule has 0 saturated heterocycles. The summed E-state index contributed by atoms with van der Waals surface area (Å²) in [6.45, 7) is 5.50. The molecule has 0 atom stereocenters. The highest BCUT2D eigenvalue weighted by Crippen LogP contribution is 2.33. The van der Waals surface area contributed by atoms with Gasteiger partial charge in [-0.05, 0) is 76.8 Å². The smallest absolute Gasteiger partial charge is 0.407 e. The minimum absolute atomic E-state index is 0.00136. The number of carbonyl (C=O) groups excluding carboxylic acids is 1. The number of alkyl carbamates (subject to hydrolysis) is 1. The van der Waals surface area contributed by atoms with Gasteiger partial charge in [0.05, 0.1) is 33.7 Å². The minimum Gasteiger partial charge on any atom is -0.444 e. The molecule has 1 amide bonds. The average molecular weight is 603 g/mol. The van der Waals surface area contributed by atoms with E-state index >= 15 is 0 Å². The lowest BCUT2D eigenvalue weighted by atomic mass is 9.91. The second-order valence-electron chi connectivity index (χ2n) is 11.4. The van der Waals surface area contributed by atoms with Crippen molar-refractivity contribution in [3.05, 3.63) is 77.1 Å². The summed E-state index contributed by atoms with van der Waals surface area (Å²) in [6.07, 6.45) is 7.62. The summed E-state index contributed by atoms with van der Waals surface area (Å²) < 4.78 is 21.1. The van der Waals surface area contributed by atoms with Gasteiger partial charge in [-0.15, -0.1) is 0 Å². The number of anilines is 1. The number of carbonyl (C=O) groups is 1. The van der Waals surface area contributed by atoms with E-state index in [4.69, 9.17) is 22.1 Å². The number of nitrogens with zero attached hydrogens (tertiary/aromatic N) is 5. The number of nitriles is 1. The van der Waals surface area contributed by atoms with Crippen molar-refractivity contribution in [1.29, 1.82) is 5.26 Å². The first-order chi connectivity index (χ1) is 20.5. The van der Waals surface area contributed by atoms with Crippen molar-refractivity contribution >= 4 is 40.4 Å². The van der Waals surface area contributed by atoms with Gasteiger partial charge in [0.25, 0.3) is 0 Å². The number of aromatic nitrogens is 3. The van der Waals surface area contributed by atoms with Crippen molar-refractivity contribution < 1.29 is 13.9 Å². The summed E-state index contributed by atoms with van der Waals surface area (Å²) >= 11 is 6.27. The second-order valence-corrected chi connectivity index (χ2v) is 11.8. The van der Waals surface area contributed by atoms with Crippen LogP contribution in [0.2, 0.25) is 5.02 Å². The van der Waals surface area contributed by atoms with E-state index in [2.05, 4.69) is 31.8 Å². The highest BCUT2D eigenvalue weighted by atomic mass is 35.5. The molecule has 1 aliphatic carbocycles. The fourth-order valence-corrected chi connectivity index (χ4v) is 5.26. The molecule has 0 unspecified atom stereocenters. The largest absolute Gasteiger partial charge is 0.444 e. The van der Waals surface area contributed by atoms with Gasteiger partial charge in [0, 0.05) is 41.7 Å². The van der Waals surface area contributed by atoms with E-state index in [1.54, 1.807) is 23.0 Å². The van der Waals surface area contributed by atoms with Crippen molar-refractivity contribution in [3.63, 3.8) is 0 Å². The van der Waals surface area contributed by atoms with Gasteiger partial charge in [0.1, 0.15) is 29.0 Å². The second kappa shape index (κ2) is 12.3. The number of aliphatic imine (C=N–C) groups is 1. The van der Waals surface area contributed by atoms with Crippen molar-refractivity contribution in [2.24, 2.45) is 10.7 Å². The monoisotopic (exact) mass is 602 g/mol. The van der Waals surface area contributed by atoms with Crippen molar-refractivity contribution in [2.75, 3.05) is 5.32 Å². The summed E-state index contributed by atoms with van der Waals surface area (Å²) in [6, 6.07) is 11.6. The number of fused-ring (bicyclic) bond motifs is 1. The molecule has 3 aromatic heterocycles. The number of rotatable bonds is 6. The number of nitrogens with one attached hydrogen (secondary N) is 2. The molecule has 10 nitrogen and oxygen atoms in total. The number of pyridine rings is 1. The zero-order valence-corrected chi connectivity index (χ0v) is 24.8. The topological polar surface area (TPSA) is 143 Å². The van der Waals surface area contributed by atoms with Gasteiger partial charge in [-0.3, -0.25) is 0 Å². The third kappa shape index (κ3) is 7.04. The van der Waals surface area contributed by atoms with Crippen LogP contribution in [0.1, 0.15) is 57.7 Å². The van der Waals surface area contributed by atoms with Crippen LogP contribution in [0.4, 0.5) is 20.6 Å². The molecule has 12 heteroatoms. The van der Waals surface area contributed by atoms with E-state index in [0.29, 0.717) is 28.0 Å². The Bertz CT molecular complexity index is 1730. The minimum atomic E-state index is -0.566. The van der Waals surface area contributed by atoms with Crippen LogP contribution in [0.5, 0.6) is 0 Å². The Kier molecular flexibility index (Phi) is 8.50. The van der Waals surface area contributed by atoms with Crippen LogP contribution in [0.15, 0.2) is 60.0 Å². The van der Waals surface area contributed by atoms with E-state index in [-0.39, 0.29) is 28.6 Å². The summed E-state index contributed by atoms with van der Waals surface area (Å²) in [7, 11) is 0. The molecule has 5 rings (SSSR count). The lowest BCUT2D eigenvalue weighted by Gasteiger charge is -2.31. The maximum Gasteiger partial charge on any atom is 0.407 e. The number of benzene rings is 1. The Morgan fingerprint density at radius 3 is 2.67 bits per heavy atom. The van der Waals surface area contributed by atoms with Gasteiger partial charge in [0.15, 0.2) is 0 Å². The first-order valence-electron chi connectivity index (χ1n) is 13.9. The third-order valence-corrected chi connectivity index (χ3v) is 7.40. The molecular formula is C31H32ClFN8O2. The summed E-state index contributed by atoms with van der Waals surface area (Å²) in [5.41, 5.74) is 9.75. The van der Waals surface area contributed by atoms with Gasteiger partial charge >= 0.3 is 6.09 Å². The normalized spacial score (nSPS) is 17.3. The molecule has 0 aliphatic heterocycles. The van der Waals surface area contributed by atoms with Gasteiger partial charge in [-0.2, -0.15) is 10.4 Å². The van der Waals surface area contributed by atoms with E-state index in [0.717, 1.165) is 31.2 Å². The molecule has 1 aliphatic rings. The van der Waals surface area contributed by atoms with Crippen LogP contribution in [-0.4, -0.2) is 44.2 Å². The maximum absolute atomic E-state index is 14.0. The number of halogens is 2. The van der Waals surface area contributed by atoms with E-state index in [1.165, 1.54) is 18.2 Å². The number of ether oxygens (including phenoxy) is 1. The predicted molar refractivity (Wildman–Crippen MR) is 164 cm³/mol. The highest BCUT2D eigenvalue weighted by molar-refractivity contribution is 6.33. The number of hydrogen-bond donors (Lipinski definition) is 3. The fraction of sp³-hybridized carbons (Fsp3) is 0.323. The quantitative estimate of drug-likeness (QED) is 0.172. The maximum atomic E-state index is 14.0. The molecule has 0 radical (unpaired) electrons. The highest BCUT2D eigenvalue weighted by Gasteiger charge is 2.26. The summed E-state index contributed by atoms with van der Waals surface area (Å²) in [5.74, 6) is -0.382. The Hall–Kier alpha value is -4.69. The summed E-state index contributed by atoms with van der Waals surface area (Å²) in [4.78, 5) is 20.9. The number of amides is 1. The molecule has 0 bridgehead atoms. The Labute approximate surface area is 253 Å². The molecule has 1 aromatic carbocycles. The lowest BCUT2D eigenvalue weighted by Crippen LogP contribution is -2.42. The van der Waals surface area contributed by atoms with Crippen molar-refractivity contribution in [2.45, 2.75) is 64.1 Å². The van der Waals surface area contributed by atoms with Gasteiger partial charge < -0.3 is 21.1 Å². The number of hydrogen-bond acceptors (Lipinski definition) is 7. The van der Waals surface area contributed by atoms with E-state index in [9.17, 15) is 14.4 Å². The number of nitrogens with two attached hydrogens (primary N) is 1. The molecule has 1 fully saturated rings. The molecule has 4 N–H and O–H groups in total. The predicted octanol–water partition coefficient (Wildman–Crippen LogP) is 6.35. The first-order valence-corrected chi connectivity index (χ1v) is 14.3. The van der Waals surface area contributed by atoms with Crippen LogP contribution in [0.3, 0.4) is 0 Å².